The molecule has 162 valence electrons. The maximum Gasteiger partial charge on any atom is 0.291 e. The van der Waals surface area contributed by atoms with Gasteiger partial charge in [-0.2, -0.15) is 0 Å². The number of thioether (sulfide) groups is 1. The highest BCUT2D eigenvalue weighted by Gasteiger charge is 2.17. The number of nitrogens with one attached hydrogen (secondary N) is 2. The van der Waals surface area contributed by atoms with E-state index in [-0.39, 0.29) is 22.8 Å². The normalized spacial score (nSPS) is 11.7. The van der Waals surface area contributed by atoms with Gasteiger partial charge in [0.25, 0.3) is 5.91 Å². The number of nitrogens with zero attached hydrogens (tertiary/aromatic N) is 1. The van der Waals surface area contributed by atoms with Gasteiger partial charge in [0.1, 0.15) is 0 Å². The van der Waals surface area contributed by atoms with Crippen LogP contribution in [0.25, 0.3) is 11.3 Å². The molecule has 4 rings (SSSR count). The molecule has 2 aromatic carbocycles. The molecule has 1 unspecified atom stereocenters. The highest BCUT2D eigenvalue weighted by atomic mass is 35.5. The third kappa shape index (κ3) is 5.40. The van der Waals surface area contributed by atoms with E-state index in [4.69, 9.17) is 16.0 Å². The fraction of sp³-hybridized carbons (Fsp3) is 0.0870. The number of rotatable bonds is 7. The van der Waals surface area contributed by atoms with Crippen molar-refractivity contribution in [1.29, 1.82) is 0 Å². The predicted molar refractivity (Wildman–Crippen MR) is 130 cm³/mol. The number of hydrogen-bond acceptors (Lipinski definition) is 6. The molecule has 0 fully saturated rings. The van der Waals surface area contributed by atoms with Crippen LogP contribution in [0.1, 0.15) is 17.5 Å². The molecule has 0 radical (unpaired) electrons. The molecular formula is C23H18ClN3O3S2. The van der Waals surface area contributed by atoms with Gasteiger partial charge in [-0.05, 0) is 43.3 Å². The summed E-state index contributed by atoms with van der Waals surface area (Å²) in [6.07, 6.45) is 1.45. The van der Waals surface area contributed by atoms with Crippen LogP contribution in [0.4, 0.5) is 10.8 Å². The molecule has 2 heterocycles. The lowest BCUT2D eigenvalue weighted by Crippen LogP contribution is -2.22. The first-order chi connectivity index (χ1) is 15.5. The Balaban J connectivity index is 1.37. The third-order valence-electron chi connectivity index (χ3n) is 4.40. The van der Waals surface area contributed by atoms with Gasteiger partial charge in [-0.25, -0.2) is 4.98 Å². The minimum atomic E-state index is -0.376. The number of anilines is 2. The molecule has 0 spiro atoms. The maximum absolute atomic E-state index is 12.7. The van der Waals surface area contributed by atoms with Crippen molar-refractivity contribution in [2.45, 2.75) is 17.1 Å². The van der Waals surface area contributed by atoms with Crippen LogP contribution in [0.3, 0.4) is 0 Å². The Bertz CT molecular complexity index is 1240. The quantitative estimate of drug-likeness (QED) is 0.296. The van der Waals surface area contributed by atoms with Gasteiger partial charge in [0.2, 0.25) is 5.91 Å². The second kappa shape index (κ2) is 10.0. The predicted octanol–water partition coefficient (Wildman–Crippen LogP) is 6.43. The number of thiazole rings is 1. The van der Waals surface area contributed by atoms with E-state index in [0.717, 1.165) is 16.2 Å². The van der Waals surface area contributed by atoms with Crippen molar-refractivity contribution >= 4 is 57.3 Å². The number of carbonyl (C=O) groups is 2. The first-order valence-corrected chi connectivity index (χ1v) is 11.8. The molecule has 1 atom stereocenters. The monoisotopic (exact) mass is 483 g/mol. The van der Waals surface area contributed by atoms with Crippen molar-refractivity contribution in [3.63, 3.8) is 0 Å². The Hall–Kier alpha value is -3.07. The zero-order valence-corrected chi connectivity index (χ0v) is 19.3. The summed E-state index contributed by atoms with van der Waals surface area (Å²) < 4.78 is 5.10. The standard InChI is InChI=1S/C23H18ClN3O3S2/c1-14(21(28)27-23-26-19(13-31-23)17-8-2-3-9-18(17)24)32-16-7-4-6-15(12-16)25-22(29)20-10-5-11-30-20/h2-14H,1H3,(H,25,29)(H,26,27,28). The van der Waals surface area contributed by atoms with Gasteiger partial charge < -0.3 is 15.1 Å². The SMILES string of the molecule is CC(Sc1cccc(NC(=O)c2ccco2)c1)C(=O)Nc1nc(-c2ccccc2Cl)cs1. The summed E-state index contributed by atoms with van der Waals surface area (Å²) in [6.45, 7) is 1.82. The van der Waals surface area contributed by atoms with Crippen molar-refractivity contribution in [2.24, 2.45) is 0 Å². The minimum Gasteiger partial charge on any atom is -0.459 e. The van der Waals surface area contributed by atoms with Crippen molar-refractivity contribution in [1.82, 2.24) is 4.98 Å². The molecular weight excluding hydrogens is 466 g/mol. The molecule has 0 aliphatic carbocycles. The molecule has 32 heavy (non-hydrogen) atoms. The molecule has 0 aliphatic heterocycles. The van der Waals surface area contributed by atoms with Gasteiger partial charge in [0.15, 0.2) is 10.9 Å². The molecule has 0 aliphatic rings. The molecule has 0 saturated heterocycles. The lowest BCUT2D eigenvalue weighted by molar-refractivity contribution is -0.115. The summed E-state index contributed by atoms with van der Waals surface area (Å²) in [4.78, 5) is 30.2. The van der Waals surface area contributed by atoms with E-state index in [9.17, 15) is 9.59 Å². The first kappa shape index (κ1) is 22.1. The summed E-state index contributed by atoms with van der Waals surface area (Å²) in [5.74, 6) is -0.267. The van der Waals surface area contributed by atoms with Gasteiger partial charge in [-0.1, -0.05) is 35.9 Å². The fourth-order valence-electron chi connectivity index (χ4n) is 2.84. The van der Waals surface area contributed by atoms with Crippen LogP contribution in [0, 0.1) is 0 Å². The number of carbonyl (C=O) groups excluding carboxylic acids is 2. The Kier molecular flexibility index (Phi) is 6.94. The fourth-order valence-corrected chi connectivity index (χ4v) is 4.71. The average Bonchev–Trinajstić information content (AvgIpc) is 3.47. The van der Waals surface area contributed by atoms with Crippen LogP contribution >= 0.6 is 34.7 Å². The molecule has 0 bridgehead atoms. The van der Waals surface area contributed by atoms with Crippen LogP contribution in [0.2, 0.25) is 5.02 Å². The number of aromatic nitrogens is 1. The largest absolute Gasteiger partial charge is 0.459 e. The highest BCUT2D eigenvalue weighted by Crippen LogP contribution is 2.31. The molecule has 0 saturated carbocycles. The first-order valence-electron chi connectivity index (χ1n) is 9.62. The lowest BCUT2D eigenvalue weighted by atomic mass is 10.2. The number of furan rings is 1. The summed E-state index contributed by atoms with van der Waals surface area (Å²) in [5, 5.41) is 8.25. The van der Waals surface area contributed by atoms with Crippen LogP contribution in [0.5, 0.6) is 0 Å². The van der Waals surface area contributed by atoms with Crippen LogP contribution in [-0.4, -0.2) is 22.0 Å². The van der Waals surface area contributed by atoms with E-state index in [1.807, 2.05) is 48.7 Å². The topological polar surface area (TPSA) is 84.2 Å². The van der Waals surface area contributed by atoms with Gasteiger partial charge in [0.05, 0.1) is 17.2 Å². The summed E-state index contributed by atoms with van der Waals surface area (Å²) in [6, 6.07) is 18.0. The maximum atomic E-state index is 12.7. The molecule has 2 aromatic heterocycles. The third-order valence-corrected chi connectivity index (χ3v) is 6.58. The Labute approximate surface area is 198 Å². The van der Waals surface area contributed by atoms with Gasteiger partial charge in [0, 0.05) is 26.5 Å². The van der Waals surface area contributed by atoms with E-state index in [1.165, 1.54) is 29.4 Å². The van der Waals surface area contributed by atoms with E-state index >= 15 is 0 Å². The number of hydrogen-bond donors (Lipinski definition) is 2. The number of benzene rings is 2. The number of halogens is 1. The van der Waals surface area contributed by atoms with E-state index in [2.05, 4.69) is 15.6 Å². The van der Waals surface area contributed by atoms with Crippen molar-refractivity contribution in [3.8, 4) is 11.3 Å². The zero-order valence-electron chi connectivity index (χ0n) is 16.9. The van der Waals surface area contributed by atoms with Crippen molar-refractivity contribution < 1.29 is 14.0 Å². The van der Waals surface area contributed by atoms with Crippen molar-refractivity contribution in [3.05, 3.63) is 83.1 Å². The zero-order chi connectivity index (χ0) is 22.5. The van der Waals surface area contributed by atoms with Gasteiger partial charge >= 0.3 is 0 Å². The molecule has 2 N–H and O–H groups in total. The summed E-state index contributed by atoms with van der Waals surface area (Å²) >= 11 is 8.96. The van der Waals surface area contributed by atoms with Gasteiger partial charge in [-0.15, -0.1) is 23.1 Å². The summed E-state index contributed by atoms with van der Waals surface area (Å²) in [7, 11) is 0. The summed E-state index contributed by atoms with van der Waals surface area (Å²) in [5.41, 5.74) is 2.16. The van der Waals surface area contributed by atoms with Crippen LogP contribution in [-0.2, 0) is 4.79 Å². The molecule has 4 aromatic rings. The molecule has 2 amide bonds. The minimum absolute atomic E-state index is 0.167. The smallest absolute Gasteiger partial charge is 0.291 e. The average molecular weight is 484 g/mol. The number of amides is 2. The Morgan fingerprint density at radius 3 is 2.72 bits per heavy atom. The Morgan fingerprint density at radius 2 is 1.94 bits per heavy atom. The Morgan fingerprint density at radius 1 is 1.09 bits per heavy atom. The second-order valence-corrected chi connectivity index (χ2v) is 9.41. The van der Waals surface area contributed by atoms with Crippen molar-refractivity contribution in [2.75, 3.05) is 10.6 Å². The van der Waals surface area contributed by atoms with Crippen LogP contribution in [0.15, 0.2) is 81.6 Å². The lowest BCUT2D eigenvalue weighted by Gasteiger charge is -2.11. The van der Waals surface area contributed by atoms with E-state index < -0.39 is 0 Å². The molecule has 9 heteroatoms. The van der Waals surface area contributed by atoms with E-state index in [1.54, 1.807) is 24.3 Å². The highest BCUT2D eigenvalue weighted by molar-refractivity contribution is 8.00. The second-order valence-electron chi connectivity index (χ2n) is 6.73. The van der Waals surface area contributed by atoms with Crippen LogP contribution < -0.4 is 10.6 Å². The van der Waals surface area contributed by atoms with E-state index in [0.29, 0.717) is 15.8 Å². The molecule has 6 nitrogen and oxygen atoms in total. The van der Waals surface area contributed by atoms with Gasteiger partial charge in [-0.3, -0.25) is 9.59 Å².